The first-order valence-corrected chi connectivity index (χ1v) is 14.9. The van der Waals surface area contributed by atoms with Crippen molar-refractivity contribution in [3.8, 4) is 11.1 Å². The molecule has 1 amide bonds. The number of morpholine rings is 1. The Labute approximate surface area is 228 Å². The molecule has 1 aromatic carbocycles. The van der Waals surface area contributed by atoms with Gasteiger partial charge in [-0.2, -0.15) is 4.31 Å². The molecule has 1 saturated heterocycles. The topological polar surface area (TPSA) is 128 Å². The molecule has 0 radical (unpaired) electrons. The van der Waals surface area contributed by atoms with Crippen LogP contribution < -0.4 is 5.32 Å². The standard InChI is InChI=1S/C25H26N2O8S3/c1-2-34-25(30)23-19(17-6-4-3-5-7-17)16-36-24(23)26-20(28)15-35-21(29)14-18-8-9-22(37-18)38(31,32)27-10-12-33-13-11-27/h3-9,16H,2,10-15H2,1H3,(H,26,28). The molecule has 0 unspecified atom stereocenters. The summed E-state index contributed by atoms with van der Waals surface area (Å²) in [5.74, 6) is -1.87. The minimum absolute atomic E-state index is 0.137. The summed E-state index contributed by atoms with van der Waals surface area (Å²) in [6.07, 6.45) is -0.179. The van der Waals surface area contributed by atoms with Crippen LogP contribution in [0.15, 0.2) is 52.1 Å². The number of thiophene rings is 2. The van der Waals surface area contributed by atoms with Gasteiger partial charge in [0, 0.05) is 28.9 Å². The third kappa shape index (κ3) is 6.66. The van der Waals surface area contributed by atoms with E-state index in [2.05, 4.69) is 5.32 Å². The molecule has 2 aromatic heterocycles. The first-order chi connectivity index (χ1) is 18.3. The normalized spacial score (nSPS) is 14.1. The van der Waals surface area contributed by atoms with Gasteiger partial charge in [0.2, 0.25) is 0 Å². The van der Waals surface area contributed by atoms with E-state index in [1.807, 2.05) is 30.3 Å². The zero-order valence-electron chi connectivity index (χ0n) is 20.5. The van der Waals surface area contributed by atoms with E-state index in [4.69, 9.17) is 14.2 Å². The highest BCUT2D eigenvalue weighted by Gasteiger charge is 2.28. The van der Waals surface area contributed by atoms with Crippen molar-refractivity contribution >= 4 is 55.5 Å². The number of rotatable bonds is 10. The molecule has 3 heterocycles. The summed E-state index contributed by atoms with van der Waals surface area (Å²) < 4.78 is 42.5. The summed E-state index contributed by atoms with van der Waals surface area (Å²) >= 11 is 2.15. The lowest BCUT2D eigenvalue weighted by Gasteiger charge is -2.25. The van der Waals surface area contributed by atoms with Gasteiger partial charge in [-0.1, -0.05) is 30.3 Å². The highest BCUT2D eigenvalue weighted by molar-refractivity contribution is 7.91. The molecule has 202 valence electrons. The second kappa shape index (κ2) is 12.6. The van der Waals surface area contributed by atoms with Gasteiger partial charge in [-0.05, 0) is 24.6 Å². The van der Waals surface area contributed by atoms with Crippen molar-refractivity contribution in [2.75, 3.05) is 44.8 Å². The lowest BCUT2D eigenvalue weighted by molar-refractivity contribution is -0.146. The lowest BCUT2D eigenvalue weighted by atomic mass is 10.0. The molecular weight excluding hydrogens is 552 g/mol. The summed E-state index contributed by atoms with van der Waals surface area (Å²) in [5.41, 5.74) is 1.65. The number of amides is 1. The Balaban J connectivity index is 1.35. The van der Waals surface area contributed by atoms with Crippen LogP contribution in [-0.4, -0.2) is 70.1 Å². The number of nitrogens with zero attached hydrogens (tertiary/aromatic N) is 1. The number of ether oxygens (including phenoxy) is 3. The Morgan fingerprint density at radius 1 is 1.05 bits per heavy atom. The highest BCUT2D eigenvalue weighted by atomic mass is 32.2. The van der Waals surface area contributed by atoms with Crippen LogP contribution in [0.5, 0.6) is 0 Å². The van der Waals surface area contributed by atoms with Crippen LogP contribution in [0.1, 0.15) is 22.2 Å². The summed E-state index contributed by atoms with van der Waals surface area (Å²) in [7, 11) is -3.65. The average Bonchev–Trinajstić information content (AvgIpc) is 3.56. The van der Waals surface area contributed by atoms with Gasteiger partial charge in [-0.3, -0.25) is 9.59 Å². The Morgan fingerprint density at radius 2 is 1.79 bits per heavy atom. The van der Waals surface area contributed by atoms with Crippen molar-refractivity contribution in [1.82, 2.24) is 4.31 Å². The Kier molecular flexibility index (Phi) is 9.28. The number of hydrogen-bond acceptors (Lipinski definition) is 10. The van der Waals surface area contributed by atoms with Crippen LogP contribution in [0, 0.1) is 0 Å². The fourth-order valence-electron chi connectivity index (χ4n) is 3.69. The van der Waals surface area contributed by atoms with Crippen LogP contribution in [0.25, 0.3) is 11.1 Å². The third-order valence-electron chi connectivity index (χ3n) is 5.49. The summed E-state index contributed by atoms with van der Waals surface area (Å²) in [6, 6.07) is 12.3. The molecule has 4 rings (SSSR count). The number of anilines is 1. The van der Waals surface area contributed by atoms with E-state index in [1.165, 1.54) is 21.7 Å². The number of benzene rings is 1. The van der Waals surface area contributed by atoms with Gasteiger partial charge in [-0.15, -0.1) is 22.7 Å². The van der Waals surface area contributed by atoms with Crippen molar-refractivity contribution in [2.24, 2.45) is 0 Å². The van der Waals surface area contributed by atoms with Crippen molar-refractivity contribution in [2.45, 2.75) is 17.6 Å². The Hall–Kier alpha value is -3.10. The predicted octanol–water partition coefficient (Wildman–Crippen LogP) is 3.40. The molecule has 13 heteroatoms. The third-order valence-corrected chi connectivity index (χ3v) is 9.84. The number of esters is 2. The van der Waals surface area contributed by atoms with E-state index >= 15 is 0 Å². The fraction of sp³-hybridized carbons (Fsp3) is 0.320. The molecule has 1 aliphatic heterocycles. The van der Waals surface area contributed by atoms with E-state index in [-0.39, 0.29) is 35.9 Å². The molecule has 0 aliphatic carbocycles. The zero-order chi connectivity index (χ0) is 27.1. The van der Waals surface area contributed by atoms with Gasteiger partial charge in [-0.25, -0.2) is 13.2 Å². The number of nitrogens with one attached hydrogen (secondary N) is 1. The van der Waals surface area contributed by atoms with Gasteiger partial charge in [0.1, 0.15) is 14.8 Å². The fourth-order valence-corrected chi connectivity index (χ4v) is 7.57. The molecule has 10 nitrogen and oxygen atoms in total. The van der Waals surface area contributed by atoms with E-state index in [1.54, 1.807) is 18.4 Å². The molecule has 38 heavy (non-hydrogen) atoms. The maximum absolute atomic E-state index is 12.8. The van der Waals surface area contributed by atoms with E-state index in [0.29, 0.717) is 28.7 Å². The molecule has 1 fully saturated rings. The summed E-state index contributed by atoms with van der Waals surface area (Å²) in [6.45, 7) is 2.54. The summed E-state index contributed by atoms with van der Waals surface area (Å²) in [4.78, 5) is 38.0. The molecule has 0 saturated carbocycles. The van der Waals surface area contributed by atoms with Crippen LogP contribution >= 0.6 is 22.7 Å². The smallest absolute Gasteiger partial charge is 0.341 e. The molecule has 0 bridgehead atoms. The highest BCUT2D eigenvalue weighted by Crippen LogP contribution is 2.36. The van der Waals surface area contributed by atoms with Crippen molar-refractivity contribution in [3.63, 3.8) is 0 Å². The largest absolute Gasteiger partial charge is 0.462 e. The van der Waals surface area contributed by atoms with Gasteiger partial charge in [0.25, 0.3) is 15.9 Å². The van der Waals surface area contributed by atoms with Crippen LogP contribution in [0.4, 0.5) is 5.00 Å². The number of carbonyl (C=O) groups is 3. The minimum atomic E-state index is -3.65. The average molecular weight is 579 g/mol. The van der Waals surface area contributed by atoms with Crippen LogP contribution in [-0.2, 0) is 40.2 Å². The van der Waals surface area contributed by atoms with Gasteiger partial charge in [0.05, 0.1) is 26.2 Å². The Morgan fingerprint density at radius 3 is 2.50 bits per heavy atom. The van der Waals surface area contributed by atoms with Crippen molar-refractivity contribution in [3.05, 3.63) is 58.3 Å². The van der Waals surface area contributed by atoms with Crippen LogP contribution in [0.2, 0.25) is 0 Å². The minimum Gasteiger partial charge on any atom is -0.462 e. The molecule has 0 atom stereocenters. The second-order valence-corrected chi connectivity index (χ2v) is 12.3. The molecule has 3 aromatic rings. The predicted molar refractivity (Wildman–Crippen MR) is 143 cm³/mol. The molecular formula is C25H26N2O8S3. The quantitative estimate of drug-likeness (QED) is 0.363. The SMILES string of the molecule is CCOC(=O)c1c(-c2ccccc2)csc1NC(=O)COC(=O)Cc1ccc(S(=O)(=O)N2CCOCC2)s1. The monoisotopic (exact) mass is 578 g/mol. The van der Waals surface area contributed by atoms with Gasteiger partial charge in [0.15, 0.2) is 6.61 Å². The number of hydrogen-bond donors (Lipinski definition) is 1. The maximum Gasteiger partial charge on any atom is 0.341 e. The second-order valence-electron chi connectivity index (χ2n) is 8.06. The molecule has 0 spiro atoms. The Bertz CT molecular complexity index is 1390. The maximum atomic E-state index is 12.8. The van der Waals surface area contributed by atoms with Gasteiger partial charge < -0.3 is 19.5 Å². The van der Waals surface area contributed by atoms with E-state index < -0.39 is 34.5 Å². The van der Waals surface area contributed by atoms with E-state index in [0.717, 1.165) is 16.9 Å². The van der Waals surface area contributed by atoms with E-state index in [9.17, 15) is 22.8 Å². The first-order valence-electron chi connectivity index (χ1n) is 11.8. The zero-order valence-corrected chi connectivity index (χ0v) is 23.0. The van der Waals surface area contributed by atoms with Crippen LogP contribution in [0.3, 0.4) is 0 Å². The molecule has 1 aliphatic rings. The number of sulfonamides is 1. The van der Waals surface area contributed by atoms with Crippen molar-refractivity contribution in [1.29, 1.82) is 0 Å². The number of carbonyl (C=O) groups excluding carboxylic acids is 3. The van der Waals surface area contributed by atoms with Gasteiger partial charge >= 0.3 is 11.9 Å². The van der Waals surface area contributed by atoms with Crippen molar-refractivity contribution < 1.29 is 37.0 Å². The summed E-state index contributed by atoms with van der Waals surface area (Å²) in [5, 5.41) is 4.67. The molecule has 1 N–H and O–H groups in total. The first kappa shape index (κ1) is 27.9. The lowest BCUT2D eigenvalue weighted by Crippen LogP contribution is -2.40.